The molecule has 0 aliphatic carbocycles. The van der Waals surface area contributed by atoms with Crippen molar-refractivity contribution in [3.63, 3.8) is 0 Å². The van der Waals surface area contributed by atoms with E-state index in [1.165, 1.54) is 54.6 Å². The molecule has 10 heteroatoms. The van der Waals surface area contributed by atoms with Gasteiger partial charge in [0.25, 0.3) is 10.0 Å². The van der Waals surface area contributed by atoms with Gasteiger partial charge in [0.15, 0.2) is 0 Å². The number of anilines is 3. The first-order chi connectivity index (χ1) is 13.7. The number of nitrogens with one attached hydrogen (secondary N) is 3. The van der Waals surface area contributed by atoms with Gasteiger partial charge in [-0.3, -0.25) is 4.72 Å². The molecule has 3 aromatic rings. The van der Waals surface area contributed by atoms with E-state index in [9.17, 15) is 18.3 Å². The van der Waals surface area contributed by atoms with E-state index in [4.69, 9.17) is 23.2 Å². The fourth-order valence-corrected chi connectivity index (χ4v) is 3.72. The smallest absolute Gasteiger partial charge is 0.323 e. The highest BCUT2D eigenvalue weighted by atomic mass is 35.5. The summed E-state index contributed by atoms with van der Waals surface area (Å²) in [6.07, 6.45) is 0. The predicted molar refractivity (Wildman–Crippen MR) is 114 cm³/mol. The number of aromatic hydroxyl groups is 1. The average molecular weight is 452 g/mol. The van der Waals surface area contributed by atoms with Crippen LogP contribution in [0.15, 0.2) is 71.6 Å². The number of phenolic OH excluding ortho intramolecular Hbond substituents is 1. The summed E-state index contributed by atoms with van der Waals surface area (Å²) in [6, 6.07) is 15.5. The number of carbonyl (C=O) groups is 1. The lowest BCUT2D eigenvalue weighted by molar-refractivity contribution is 0.262. The van der Waals surface area contributed by atoms with E-state index in [2.05, 4.69) is 15.4 Å². The quantitative estimate of drug-likeness (QED) is 0.430. The monoisotopic (exact) mass is 451 g/mol. The lowest BCUT2D eigenvalue weighted by atomic mass is 10.3. The standard InChI is InChI=1S/C19H15Cl2N3O4S/c20-17-9-6-14(11-18(17)21)24-29(27,28)16-7-4-12(5-8-16)22-19(26)23-13-2-1-3-15(25)10-13/h1-11,24-25H,(H2,22,23,26). The van der Waals surface area contributed by atoms with Crippen LogP contribution in [-0.2, 0) is 10.0 Å². The van der Waals surface area contributed by atoms with Crippen molar-refractivity contribution in [3.05, 3.63) is 76.8 Å². The van der Waals surface area contributed by atoms with Gasteiger partial charge in [-0.25, -0.2) is 13.2 Å². The number of rotatable bonds is 5. The first kappa shape index (κ1) is 20.8. The van der Waals surface area contributed by atoms with E-state index in [-0.39, 0.29) is 21.4 Å². The Hall–Kier alpha value is -2.94. The van der Waals surface area contributed by atoms with E-state index in [1.807, 2.05) is 0 Å². The van der Waals surface area contributed by atoms with Gasteiger partial charge in [0.2, 0.25) is 0 Å². The molecule has 3 rings (SSSR count). The highest BCUT2D eigenvalue weighted by Crippen LogP contribution is 2.26. The van der Waals surface area contributed by atoms with Crippen molar-refractivity contribution >= 4 is 56.3 Å². The second kappa shape index (κ2) is 8.60. The molecule has 0 saturated heterocycles. The third kappa shape index (κ3) is 5.54. The first-order valence-electron chi connectivity index (χ1n) is 8.18. The number of urea groups is 1. The lowest BCUT2D eigenvalue weighted by Crippen LogP contribution is -2.19. The van der Waals surface area contributed by atoms with Crippen molar-refractivity contribution in [1.29, 1.82) is 0 Å². The van der Waals surface area contributed by atoms with Gasteiger partial charge < -0.3 is 15.7 Å². The van der Waals surface area contributed by atoms with Gasteiger partial charge in [0.1, 0.15) is 5.75 Å². The summed E-state index contributed by atoms with van der Waals surface area (Å²) in [5.41, 5.74) is 1.07. The number of benzene rings is 3. The fraction of sp³-hybridized carbons (Fsp3) is 0. The maximum atomic E-state index is 12.5. The number of sulfonamides is 1. The molecule has 0 bridgehead atoms. The van der Waals surface area contributed by atoms with Crippen LogP contribution in [-0.4, -0.2) is 19.6 Å². The Kier molecular flexibility index (Phi) is 6.17. The fourth-order valence-electron chi connectivity index (χ4n) is 2.37. The van der Waals surface area contributed by atoms with Crippen LogP contribution in [0.1, 0.15) is 0 Å². The van der Waals surface area contributed by atoms with Gasteiger partial charge in [-0.1, -0.05) is 29.3 Å². The van der Waals surface area contributed by atoms with Crippen LogP contribution < -0.4 is 15.4 Å². The Balaban J connectivity index is 1.67. The minimum atomic E-state index is -3.85. The Morgan fingerprint density at radius 2 is 1.45 bits per heavy atom. The number of halogens is 2. The molecule has 0 radical (unpaired) electrons. The zero-order valence-corrected chi connectivity index (χ0v) is 17.0. The van der Waals surface area contributed by atoms with Gasteiger partial charge in [-0.15, -0.1) is 0 Å². The Morgan fingerprint density at radius 1 is 0.793 bits per heavy atom. The maximum Gasteiger partial charge on any atom is 0.323 e. The van der Waals surface area contributed by atoms with Gasteiger partial charge in [-0.05, 0) is 54.6 Å². The molecule has 150 valence electrons. The van der Waals surface area contributed by atoms with Gasteiger partial charge in [0.05, 0.1) is 20.6 Å². The minimum absolute atomic E-state index is 0.00233. The van der Waals surface area contributed by atoms with Crippen LogP contribution in [0, 0.1) is 0 Å². The molecule has 7 nitrogen and oxygen atoms in total. The van der Waals surface area contributed by atoms with Crippen molar-refractivity contribution in [3.8, 4) is 5.75 Å². The van der Waals surface area contributed by atoms with Crippen LogP contribution in [0.25, 0.3) is 0 Å². The van der Waals surface area contributed by atoms with Crippen molar-refractivity contribution in [1.82, 2.24) is 0 Å². The molecule has 0 aliphatic rings. The number of carbonyl (C=O) groups excluding carboxylic acids is 1. The largest absolute Gasteiger partial charge is 0.508 e. The van der Waals surface area contributed by atoms with Crippen molar-refractivity contribution in [2.45, 2.75) is 4.90 Å². The van der Waals surface area contributed by atoms with Gasteiger partial charge in [-0.2, -0.15) is 0 Å². The van der Waals surface area contributed by atoms with Crippen LogP contribution in [0.5, 0.6) is 5.75 Å². The third-order valence-electron chi connectivity index (χ3n) is 3.70. The van der Waals surface area contributed by atoms with Crippen molar-refractivity contribution < 1.29 is 18.3 Å². The molecular weight excluding hydrogens is 437 g/mol. The summed E-state index contributed by atoms with van der Waals surface area (Å²) < 4.78 is 27.4. The highest BCUT2D eigenvalue weighted by Gasteiger charge is 2.15. The number of amides is 2. The topological polar surface area (TPSA) is 108 Å². The summed E-state index contributed by atoms with van der Waals surface area (Å²) >= 11 is 11.7. The molecule has 0 unspecified atom stereocenters. The van der Waals surface area contributed by atoms with Crippen molar-refractivity contribution in [2.75, 3.05) is 15.4 Å². The molecule has 0 atom stereocenters. The second-order valence-corrected chi connectivity index (χ2v) is 8.39. The molecule has 0 saturated carbocycles. The minimum Gasteiger partial charge on any atom is -0.508 e. The molecule has 0 aliphatic heterocycles. The third-order valence-corrected chi connectivity index (χ3v) is 5.83. The summed E-state index contributed by atoms with van der Waals surface area (Å²) in [7, 11) is -3.85. The Morgan fingerprint density at radius 3 is 2.10 bits per heavy atom. The van der Waals surface area contributed by atoms with Gasteiger partial charge in [0, 0.05) is 17.4 Å². The summed E-state index contributed by atoms with van der Waals surface area (Å²) in [6.45, 7) is 0. The molecule has 4 N–H and O–H groups in total. The van der Waals surface area contributed by atoms with Crippen LogP contribution in [0.2, 0.25) is 10.0 Å². The maximum absolute atomic E-state index is 12.5. The summed E-state index contributed by atoms with van der Waals surface area (Å²) in [5.74, 6) is 0.0202. The zero-order valence-electron chi connectivity index (χ0n) is 14.7. The van der Waals surface area contributed by atoms with E-state index in [0.29, 0.717) is 16.4 Å². The van der Waals surface area contributed by atoms with Crippen LogP contribution in [0.4, 0.5) is 21.9 Å². The average Bonchev–Trinajstić information content (AvgIpc) is 2.65. The summed E-state index contributed by atoms with van der Waals surface area (Å²) in [4.78, 5) is 12.0. The van der Waals surface area contributed by atoms with Gasteiger partial charge >= 0.3 is 6.03 Å². The number of phenols is 1. The van der Waals surface area contributed by atoms with E-state index in [1.54, 1.807) is 12.1 Å². The molecule has 0 spiro atoms. The SMILES string of the molecule is O=C(Nc1ccc(S(=O)(=O)Nc2ccc(Cl)c(Cl)c2)cc1)Nc1cccc(O)c1. The van der Waals surface area contributed by atoms with E-state index < -0.39 is 16.1 Å². The van der Waals surface area contributed by atoms with Crippen LogP contribution >= 0.6 is 23.2 Å². The molecule has 0 fully saturated rings. The highest BCUT2D eigenvalue weighted by molar-refractivity contribution is 7.92. The molecule has 3 aromatic carbocycles. The van der Waals surface area contributed by atoms with Crippen molar-refractivity contribution in [2.24, 2.45) is 0 Å². The van der Waals surface area contributed by atoms with E-state index in [0.717, 1.165) is 0 Å². The molecular formula is C19H15Cl2N3O4S. The molecule has 0 heterocycles. The first-order valence-corrected chi connectivity index (χ1v) is 10.4. The molecule has 29 heavy (non-hydrogen) atoms. The van der Waals surface area contributed by atoms with E-state index >= 15 is 0 Å². The Bertz CT molecular complexity index is 1150. The molecule has 2 amide bonds. The number of hydrogen-bond acceptors (Lipinski definition) is 4. The molecule has 0 aromatic heterocycles. The predicted octanol–water partition coefficient (Wildman–Crippen LogP) is 5.14. The van der Waals surface area contributed by atoms with Crippen LogP contribution in [0.3, 0.4) is 0 Å². The zero-order chi connectivity index (χ0) is 21.0. The lowest BCUT2D eigenvalue weighted by Gasteiger charge is -2.11. The summed E-state index contributed by atoms with van der Waals surface area (Å²) in [5, 5.41) is 15.1. The number of hydrogen-bond donors (Lipinski definition) is 4. The second-order valence-electron chi connectivity index (χ2n) is 5.89. The normalized spacial score (nSPS) is 11.0. The Labute approximate surface area is 177 Å².